The molecule has 9 heteroatoms. The highest BCUT2D eigenvalue weighted by molar-refractivity contribution is 5.94. The molecule has 0 spiro atoms. The summed E-state index contributed by atoms with van der Waals surface area (Å²) in [5, 5.41) is 13.2. The number of carboxylic acids is 1. The van der Waals surface area contributed by atoms with Crippen LogP contribution in [0.1, 0.15) is 34.1 Å². The van der Waals surface area contributed by atoms with Crippen molar-refractivity contribution in [2.24, 2.45) is 5.92 Å². The van der Waals surface area contributed by atoms with Crippen molar-refractivity contribution in [3.63, 3.8) is 0 Å². The van der Waals surface area contributed by atoms with Gasteiger partial charge in [0, 0.05) is 0 Å². The summed E-state index contributed by atoms with van der Waals surface area (Å²) < 4.78 is 17.3. The summed E-state index contributed by atoms with van der Waals surface area (Å²) in [6.45, 7) is 5.15. The molecule has 2 amide bonds. The van der Waals surface area contributed by atoms with Gasteiger partial charge in [-0.2, -0.15) is 0 Å². The molecule has 0 bridgehead atoms. The van der Waals surface area contributed by atoms with Crippen molar-refractivity contribution in [3.05, 3.63) is 0 Å². The number of carboxylic acid groups (broad SMARTS) is 1. The number of rotatable bonds is 9. The zero-order valence-corrected chi connectivity index (χ0v) is 13.6. The third-order valence-corrected chi connectivity index (χ3v) is 2.78. The van der Waals surface area contributed by atoms with Crippen molar-refractivity contribution in [2.75, 3.05) is 6.67 Å². The summed E-state index contributed by atoms with van der Waals surface area (Å²) in [5.41, 5.74) is 0. The lowest BCUT2D eigenvalue weighted by Gasteiger charge is -2.24. The van der Waals surface area contributed by atoms with Crippen molar-refractivity contribution < 1.29 is 33.4 Å². The number of alkyl carbamates (subject to hydrolysis) is 1. The van der Waals surface area contributed by atoms with Crippen LogP contribution >= 0.6 is 0 Å². The lowest BCUT2D eigenvalue weighted by molar-refractivity contribution is -0.140. The Balaban J connectivity index is 4.97. The molecule has 0 saturated heterocycles. The first kappa shape index (κ1) is 20.8. The maximum absolute atomic E-state index is 12.5. The zero-order chi connectivity index (χ0) is 18.2. The van der Waals surface area contributed by atoms with Crippen LogP contribution < -0.4 is 10.6 Å². The van der Waals surface area contributed by atoms with Crippen LogP contribution in [0.4, 0.5) is 9.18 Å². The van der Waals surface area contributed by atoms with Gasteiger partial charge in [0.15, 0.2) is 5.78 Å². The highest BCUT2D eigenvalue weighted by atomic mass is 19.1. The van der Waals surface area contributed by atoms with Gasteiger partial charge in [-0.1, -0.05) is 13.8 Å². The predicted molar refractivity (Wildman–Crippen MR) is 78.5 cm³/mol. The number of halogens is 1. The van der Waals surface area contributed by atoms with Gasteiger partial charge in [0.25, 0.3) is 0 Å². The summed E-state index contributed by atoms with van der Waals surface area (Å²) in [6, 6.07) is -2.54. The standard InChI is InChI=1S/C14H23FN2O6/c1-7(2)12(17-14(22)23-8(3)4)13(21)16-9(5-11(19)20)10(18)6-15/h7-9,12H,5-6H2,1-4H3,(H,16,21)(H,17,22)(H,19,20)/t9?,12-/m0/s1. The van der Waals surface area contributed by atoms with Crippen LogP contribution in [-0.2, 0) is 19.1 Å². The van der Waals surface area contributed by atoms with Crippen molar-refractivity contribution in [3.8, 4) is 0 Å². The normalized spacial score (nSPS) is 13.3. The molecule has 132 valence electrons. The van der Waals surface area contributed by atoms with Crippen molar-refractivity contribution in [2.45, 2.75) is 52.3 Å². The highest BCUT2D eigenvalue weighted by Gasteiger charge is 2.30. The second-order valence-electron chi connectivity index (χ2n) is 5.58. The number of hydrogen-bond acceptors (Lipinski definition) is 5. The average molecular weight is 334 g/mol. The lowest BCUT2D eigenvalue weighted by Crippen LogP contribution is -2.54. The molecule has 23 heavy (non-hydrogen) atoms. The molecule has 0 aliphatic heterocycles. The molecule has 0 rings (SSSR count). The topological polar surface area (TPSA) is 122 Å². The van der Waals surface area contributed by atoms with E-state index in [0.717, 1.165) is 0 Å². The van der Waals surface area contributed by atoms with Gasteiger partial charge in [-0.15, -0.1) is 0 Å². The van der Waals surface area contributed by atoms with Crippen LogP contribution in [0.15, 0.2) is 0 Å². The molecule has 1 unspecified atom stereocenters. The minimum Gasteiger partial charge on any atom is -0.481 e. The van der Waals surface area contributed by atoms with E-state index in [1.807, 2.05) is 0 Å². The molecule has 2 atom stereocenters. The van der Waals surface area contributed by atoms with E-state index >= 15 is 0 Å². The summed E-state index contributed by atoms with van der Waals surface area (Å²) in [7, 11) is 0. The fourth-order valence-corrected chi connectivity index (χ4v) is 1.68. The van der Waals surface area contributed by atoms with Crippen molar-refractivity contribution in [1.29, 1.82) is 0 Å². The Kier molecular flexibility index (Phi) is 8.82. The quantitative estimate of drug-likeness (QED) is 0.569. The molecule has 0 aromatic carbocycles. The first-order valence-electron chi connectivity index (χ1n) is 7.16. The van der Waals surface area contributed by atoms with Gasteiger partial charge in [-0.25, -0.2) is 9.18 Å². The molecule has 0 radical (unpaired) electrons. The smallest absolute Gasteiger partial charge is 0.408 e. The molecule has 0 saturated carbocycles. The Bertz CT molecular complexity index is 453. The van der Waals surface area contributed by atoms with Crippen LogP contribution in [0.3, 0.4) is 0 Å². The van der Waals surface area contributed by atoms with Crippen LogP contribution in [-0.4, -0.2) is 53.7 Å². The number of ketones is 1. The van der Waals surface area contributed by atoms with Gasteiger partial charge in [-0.05, 0) is 19.8 Å². The SMILES string of the molecule is CC(C)OC(=O)N[C@H](C(=O)NC(CC(=O)O)C(=O)CF)C(C)C. The number of nitrogens with one attached hydrogen (secondary N) is 2. The minimum absolute atomic E-state index is 0.360. The molecule has 0 aromatic rings. The van der Waals surface area contributed by atoms with E-state index in [0.29, 0.717) is 0 Å². The number of hydrogen-bond donors (Lipinski definition) is 3. The average Bonchev–Trinajstić information content (AvgIpc) is 2.41. The fraction of sp³-hybridized carbons (Fsp3) is 0.714. The van der Waals surface area contributed by atoms with Gasteiger partial charge >= 0.3 is 12.1 Å². The van der Waals surface area contributed by atoms with E-state index in [1.54, 1.807) is 27.7 Å². The second-order valence-corrected chi connectivity index (χ2v) is 5.58. The first-order chi connectivity index (χ1) is 10.6. The van der Waals surface area contributed by atoms with Gasteiger partial charge in [-0.3, -0.25) is 14.4 Å². The van der Waals surface area contributed by atoms with Gasteiger partial charge in [0.2, 0.25) is 5.91 Å². The molecular formula is C14H23FN2O6. The van der Waals surface area contributed by atoms with Crippen LogP contribution in [0.2, 0.25) is 0 Å². The molecule has 0 aliphatic carbocycles. The molecule has 0 heterocycles. The summed E-state index contributed by atoms with van der Waals surface area (Å²) in [5.74, 6) is -3.55. The number of carbonyl (C=O) groups is 4. The molecule has 0 aromatic heterocycles. The van der Waals surface area contributed by atoms with Gasteiger partial charge < -0.3 is 20.5 Å². The third kappa shape index (κ3) is 8.12. The Morgan fingerprint density at radius 3 is 2.04 bits per heavy atom. The van der Waals surface area contributed by atoms with E-state index in [9.17, 15) is 23.6 Å². The van der Waals surface area contributed by atoms with Crippen molar-refractivity contribution in [1.82, 2.24) is 10.6 Å². The number of Topliss-reactive ketones (excluding diaryl/α,β-unsaturated/α-hetero) is 1. The number of aliphatic carboxylic acids is 1. The van der Waals surface area contributed by atoms with E-state index < -0.39 is 55.0 Å². The zero-order valence-electron chi connectivity index (χ0n) is 13.6. The number of amides is 2. The molecule has 3 N–H and O–H groups in total. The van der Waals surface area contributed by atoms with Gasteiger partial charge in [0.1, 0.15) is 18.8 Å². The Morgan fingerprint density at radius 1 is 1.09 bits per heavy atom. The van der Waals surface area contributed by atoms with Crippen LogP contribution in [0.5, 0.6) is 0 Å². The minimum atomic E-state index is -1.49. The molecular weight excluding hydrogens is 311 g/mol. The molecule has 0 fully saturated rings. The van der Waals surface area contributed by atoms with Gasteiger partial charge in [0.05, 0.1) is 12.5 Å². The second kappa shape index (κ2) is 9.75. The van der Waals surface area contributed by atoms with E-state index in [1.165, 1.54) is 0 Å². The van der Waals surface area contributed by atoms with Crippen LogP contribution in [0, 0.1) is 5.92 Å². The van der Waals surface area contributed by atoms with Crippen molar-refractivity contribution >= 4 is 23.8 Å². The number of ether oxygens (including phenoxy) is 1. The number of alkyl halides is 1. The Morgan fingerprint density at radius 2 is 1.65 bits per heavy atom. The van der Waals surface area contributed by atoms with E-state index in [4.69, 9.17) is 9.84 Å². The van der Waals surface area contributed by atoms with E-state index in [-0.39, 0.29) is 5.92 Å². The highest BCUT2D eigenvalue weighted by Crippen LogP contribution is 2.05. The molecule has 8 nitrogen and oxygen atoms in total. The maximum Gasteiger partial charge on any atom is 0.408 e. The summed E-state index contributed by atoms with van der Waals surface area (Å²) in [4.78, 5) is 45.8. The lowest BCUT2D eigenvalue weighted by atomic mass is 10.0. The van der Waals surface area contributed by atoms with E-state index in [2.05, 4.69) is 10.6 Å². The molecule has 0 aliphatic rings. The maximum atomic E-state index is 12.5. The first-order valence-corrected chi connectivity index (χ1v) is 7.16. The summed E-state index contributed by atoms with van der Waals surface area (Å²) in [6.07, 6.45) is -1.95. The summed E-state index contributed by atoms with van der Waals surface area (Å²) >= 11 is 0. The Hall–Kier alpha value is -2.19. The largest absolute Gasteiger partial charge is 0.481 e. The predicted octanol–water partition coefficient (Wildman–Crippen LogP) is 0.644. The number of carbonyl (C=O) groups excluding carboxylic acids is 3. The monoisotopic (exact) mass is 334 g/mol. The van der Waals surface area contributed by atoms with Crippen LogP contribution in [0.25, 0.3) is 0 Å². The Labute approximate surface area is 133 Å². The fourth-order valence-electron chi connectivity index (χ4n) is 1.68. The third-order valence-electron chi connectivity index (χ3n) is 2.78.